The third-order valence-corrected chi connectivity index (χ3v) is 8.56. The van der Waals surface area contributed by atoms with Gasteiger partial charge in [0, 0.05) is 36.4 Å². The van der Waals surface area contributed by atoms with E-state index < -0.39 is 16.1 Å². The number of carbonyl (C=O) groups excluding carboxylic acids is 2. The number of methoxy groups -OCH3 is 1. The van der Waals surface area contributed by atoms with Crippen molar-refractivity contribution in [3.63, 3.8) is 0 Å². The molecule has 0 saturated carbocycles. The third-order valence-electron chi connectivity index (χ3n) is 6.54. The Morgan fingerprint density at radius 2 is 1.67 bits per heavy atom. The molecule has 226 valence electrons. The normalized spacial score (nSPS) is 12.1. The molecule has 3 aromatic carbocycles. The van der Waals surface area contributed by atoms with E-state index in [0.717, 1.165) is 21.9 Å². The molecule has 0 saturated heterocycles. The van der Waals surface area contributed by atoms with E-state index >= 15 is 0 Å². The summed E-state index contributed by atoms with van der Waals surface area (Å²) in [6.45, 7) is 4.03. The van der Waals surface area contributed by atoms with Crippen LogP contribution in [0.5, 0.6) is 5.75 Å². The fourth-order valence-corrected chi connectivity index (χ4v) is 6.01. The minimum Gasteiger partial charge on any atom is -0.495 e. The highest BCUT2D eigenvalue weighted by molar-refractivity contribution is 9.10. The minimum absolute atomic E-state index is 0.0344. The number of amides is 2. The molecule has 1 atom stereocenters. The van der Waals surface area contributed by atoms with Crippen molar-refractivity contribution in [3.05, 3.63) is 93.4 Å². The number of halogens is 2. The van der Waals surface area contributed by atoms with Crippen LogP contribution in [0.4, 0.5) is 5.69 Å². The molecule has 11 heteroatoms. The molecular formula is C31H37BrClN3O5S. The van der Waals surface area contributed by atoms with Crippen molar-refractivity contribution < 1.29 is 22.7 Å². The van der Waals surface area contributed by atoms with Gasteiger partial charge in [-0.05, 0) is 61.7 Å². The van der Waals surface area contributed by atoms with E-state index in [4.69, 9.17) is 16.3 Å². The highest BCUT2D eigenvalue weighted by Gasteiger charge is 2.31. The number of nitrogens with one attached hydrogen (secondary N) is 1. The summed E-state index contributed by atoms with van der Waals surface area (Å²) in [7, 11) is -2.19. The van der Waals surface area contributed by atoms with Crippen molar-refractivity contribution in [1.82, 2.24) is 10.2 Å². The summed E-state index contributed by atoms with van der Waals surface area (Å²) in [5, 5.41) is 3.25. The maximum absolute atomic E-state index is 13.9. The van der Waals surface area contributed by atoms with Crippen LogP contribution in [0.15, 0.2) is 77.3 Å². The van der Waals surface area contributed by atoms with Crippen molar-refractivity contribution in [2.45, 2.75) is 51.7 Å². The molecular weight excluding hydrogens is 642 g/mol. The molecule has 0 aromatic heterocycles. The van der Waals surface area contributed by atoms with Gasteiger partial charge in [-0.25, -0.2) is 8.42 Å². The second-order valence-corrected chi connectivity index (χ2v) is 13.5. The van der Waals surface area contributed by atoms with Gasteiger partial charge in [-0.15, -0.1) is 0 Å². The molecule has 0 radical (unpaired) electrons. The predicted octanol–water partition coefficient (Wildman–Crippen LogP) is 5.82. The molecule has 2 amide bonds. The van der Waals surface area contributed by atoms with E-state index in [1.165, 1.54) is 17.5 Å². The number of ether oxygens (including phenoxy) is 1. The number of anilines is 1. The number of rotatable bonds is 14. The van der Waals surface area contributed by atoms with Crippen LogP contribution in [0, 0.1) is 0 Å². The van der Waals surface area contributed by atoms with Crippen LogP contribution in [0.1, 0.15) is 37.8 Å². The highest BCUT2D eigenvalue weighted by Crippen LogP contribution is 2.30. The summed E-state index contributed by atoms with van der Waals surface area (Å²) in [5.41, 5.74) is 2.17. The van der Waals surface area contributed by atoms with Crippen molar-refractivity contribution in [2.24, 2.45) is 0 Å². The van der Waals surface area contributed by atoms with Crippen molar-refractivity contribution in [1.29, 1.82) is 0 Å². The second-order valence-electron chi connectivity index (χ2n) is 10.3. The number of carbonyl (C=O) groups is 2. The summed E-state index contributed by atoms with van der Waals surface area (Å²) in [4.78, 5) is 29.0. The summed E-state index contributed by atoms with van der Waals surface area (Å²) < 4.78 is 32.7. The fraction of sp³-hybridized carbons (Fsp3) is 0.355. The minimum atomic E-state index is -3.67. The zero-order valence-corrected chi connectivity index (χ0v) is 27.4. The zero-order valence-electron chi connectivity index (χ0n) is 24.2. The Balaban J connectivity index is 1.88. The summed E-state index contributed by atoms with van der Waals surface area (Å²) >= 11 is 9.70. The van der Waals surface area contributed by atoms with Gasteiger partial charge in [-0.1, -0.05) is 70.0 Å². The smallest absolute Gasteiger partial charge is 0.243 e. The summed E-state index contributed by atoms with van der Waals surface area (Å²) in [6, 6.07) is 21.0. The van der Waals surface area contributed by atoms with E-state index in [-0.39, 0.29) is 48.8 Å². The second kappa shape index (κ2) is 15.4. The Morgan fingerprint density at radius 3 is 2.24 bits per heavy atom. The van der Waals surface area contributed by atoms with Gasteiger partial charge in [0.1, 0.15) is 11.8 Å². The van der Waals surface area contributed by atoms with Crippen molar-refractivity contribution in [3.8, 4) is 5.75 Å². The molecule has 1 N–H and O–H groups in total. The number of benzene rings is 3. The zero-order chi connectivity index (χ0) is 30.9. The summed E-state index contributed by atoms with van der Waals surface area (Å²) in [6.07, 6.45) is 1.71. The van der Waals surface area contributed by atoms with Crippen LogP contribution in [-0.2, 0) is 32.6 Å². The van der Waals surface area contributed by atoms with Gasteiger partial charge >= 0.3 is 0 Å². The van der Waals surface area contributed by atoms with Gasteiger partial charge in [-0.2, -0.15) is 0 Å². The Hall–Kier alpha value is -3.08. The number of hydrogen-bond acceptors (Lipinski definition) is 5. The molecule has 0 spiro atoms. The molecule has 1 unspecified atom stereocenters. The van der Waals surface area contributed by atoms with Gasteiger partial charge in [0.25, 0.3) is 0 Å². The maximum Gasteiger partial charge on any atom is 0.243 e. The lowest BCUT2D eigenvalue weighted by Gasteiger charge is -2.32. The van der Waals surface area contributed by atoms with Crippen molar-refractivity contribution >= 4 is 55.1 Å². The highest BCUT2D eigenvalue weighted by atomic mass is 79.9. The molecule has 0 bridgehead atoms. The Kier molecular flexibility index (Phi) is 12.3. The third kappa shape index (κ3) is 9.74. The molecule has 0 aliphatic rings. The van der Waals surface area contributed by atoms with E-state index in [2.05, 4.69) is 21.2 Å². The number of nitrogens with zero attached hydrogens (tertiary/aromatic N) is 2. The van der Waals surface area contributed by atoms with Gasteiger partial charge in [0.15, 0.2) is 0 Å². The predicted molar refractivity (Wildman–Crippen MR) is 171 cm³/mol. The average molecular weight is 679 g/mol. The average Bonchev–Trinajstić information content (AvgIpc) is 2.93. The molecule has 0 fully saturated rings. The molecule has 42 heavy (non-hydrogen) atoms. The van der Waals surface area contributed by atoms with E-state index in [1.807, 2.05) is 68.4 Å². The largest absolute Gasteiger partial charge is 0.495 e. The van der Waals surface area contributed by atoms with E-state index in [1.54, 1.807) is 17.0 Å². The molecule has 0 aliphatic heterocycles. The Morgan fingerprint density at radius 1 is 1.00 bits per heavy atom. The monoisotopic (exact) mass is 677 g/mol. The van der Waals surface area contributed by atoms with Crippen LogP contribution in [-0.4, -0.2) is 57.1 Å². The van der Waals surface area contributed by atoms with E-state index in [0.29, 0.717) is 17.9 Å². The lowest BCUT2D eigenvalue weighted by Crippen LogP contribution is -2.51. The topological polar surface area (TPSA) is 96.0 Å². The van der Waals surface area contributed by atoms with Crippen LogP contribution < -0.4 is 14.4 Å². The van der Waals surface area contributed by atoms with Crippen LogP contribution >= 0.6 is 27.5 Å². The lowest BCUT2D eigenvalue weighted by atomic mass is 10.0. The quantitative estimate of drug-likeness (QED) is 0.232. The first-order valence-electron chi connectivity index (χ1n) is 13.6. The van der Waals surface area contributed by atoms with Crippen molar-refractivity contribution in [2.75, 3.05) is 24.2 Å². The molecule has 0 heterocycles. The Bertz CT molecular complexity index is 1450. The van der Waals surface area contributed by atoms with Crippen LogP contribution in [0.25, 0.3) is 0 Å². The first-order valence-corrected chi connectivity index (χ1v) is 16.6. The van der Waals surface area contributed by atoms with Crippen LogP contribution in [0.3, 0.4) is 0 Å². The van der Waals surface area contributed by atoms with Gasteiger partial charge < -0.3 is 15.0 Å². The first-order chi connectivity index (χ1) is 19.9. The first kappa shape index (κ1) is 33.4. The molecule has 0 aliphatic carbocycles. The number of sulfonamides is 1. The van der Waals surface area contributed by atoms with Gasteiger partial charge in [0.2, 0.25) is 21.8 Å². The fourth-order valence-electron chi connectivity index (χ4n) is 4.54. The van der Waals surface area contributed by atoms with Gasteiger partial charge in [-0.3, -0.25) is 13.9 Å². The maximum atomic E-state index is 13.9. The van der Waals surface area contributed by atoms with Crippen LogP contribution in [0.2, 0.25) is 5.02 Å². The lowest BCUT2D eigenvalue weighted by molar-refractivity contribution is -0.141. The molecule has 8 nitrogen and oxygen atoms in total. The molecule has 3 aromatic rings. The van der Waals surface area contributed by atoms with E-state index in [9.17, 15) is 18.0 Å². The molecule has 3 rings (SSSR count). The Labute approximate surface area is 262 Å². The SMILES string of the molecule is COc1ccc(N(CCCC(=O)N(Cc2ccc(Br)cc2)C(Cc2ccccc2)C(=O)NC(C)C)S(C)(=O)=O)cc1Cl. The summed E-state index contributed by atoms with van der Waals surface area (Å²) in [5.74, 6) is -0.0688. The van der Waals surface area contributed by atoms with Gasteiger partial charge in [0.05, 0.1) is 24.1 Å². The standard InChI is InChI=1S/C31H37BrClN3O5S/c1-22(2)34-31(38)28(19-23-9-6-5-7-10-23)35(21-24-12-14-25(32)15-13-24)30(37)11-8-18-36(42(4,39)40)26-16-17-29(41-3)27(33)20-26/h5-7,9-10,12-17,20,22,28H,8,11,18-19,21H2,1-4H3,(H,34,38). The number of hydrogen-bond donors (Lipinski definition) is 1.